The first-order chi connectivity index (χ1) is 30.9. The molecule has 0 saturated carbocycles. The molecular weight excluding hydrogens is 813 g/mol. The van der Waals surface area contributed by atoms with Crippen LogP contribution in [-0.2, 0) is 0 Å². The van der Waals surface area contributed by atoms with E-state index in [1.54, 1.807) is 0 Å². The van der Waals surface area contributed by atoms with Crippen LogP contribution in [0.15, 0.2) is 210 Å². The Hall–Kier alpha value is -6.34. The van der Waals surface area contributed by atoms with Crippen LogP contribution in [0.5, 0.6) is 23.0 Å². The fourth-order valence-electron chi connectivity index (χ4n) is 7.77. The lowest BCUT2D eigenvalue weighted by Crippen LogP contribution is -2.11. The van der Waals surface area contributed by atoms with Crippen LogP contribution >= 0.6 is 21.8 Å². The van der Waals surface area contributed by atoms with E-state index in [1.807, 2.05) is 0 Å². The molecule has 0 N–H and O–H groups in total. The molecule has 0 aliphatic heterocycles. The topological polar surface area (TPSA) is 36.9 Å². The molecule has 0 spiro atoms. The maximum atomic E-state index is 6.52. The van der Waals surface area contributed by atoms with Crippen molar-refractivity contribution in [3.05, 3.63) is 217 Å². The predicted octanol–water partition coefficient (Wildman–Crippen LogP) is 14.0. The van der Waals surface area contributed by atoms with Crippen molar-refractivity contribution >= 4 is 21.8 Å². The Morgan fingerprint density at radius 2 is 0.683 bits per heavy atom. The summed E-state index contributed by atoms with van der Waals surface area (Å²) in [5.74, 6) is 3.24. The quantitative estimate of drug-likeness (QED) is 0.0512. The molecule has 0 atom stereocenters. The Labute approximate surface area is 379 Å². The van der Waals surface area contributed by atoms with Crippen LogP contribution in [0.25, 0.3) is 33.4 Å². The van der Waals surface area contributed by atoms with Crippen molar-refractivity contribution in [2.45, 2.75) is 15.7 Å². The Balaban J connectivity index is 1.12. The number of ether oxygens (including phenoxy) is 4. The van der Waals surface area contributed by atoms with E-state index in [1.165, 1.54) is 26.5 Å². The van der Waals surface area contributed by atoms with E-state index < -0.39 is 0 Å². The van der Waals surface area contributed by atoms with E-state index in [-0.39, 0.29) is 27.7 Å². The maximum absolute atomic E-state index is 6.52. The lowest BCUT2D eigenvalue weighted by atomic mass is 9.82. The number of benzene rings is 8. The average molecular weight is 869 g/mol. The lowest BCUT2D eigenvalue weighted by molar-refractivity contribution is 0.217. The minimum absolute atomic E-state index is 0.0972. The molecule has 0 aromatic heterocycles. The van der Waals surface area contributed by atoms with Gasteiger partial charge in [0.05, 0.1) is 0 Å². The van der Waals surface area contributed by atoms with E-state index in [0.717, 1.165) is 56.4 Å². The summed E-state index contributed by atoms with van der Waals surface area (Å²) in [6.07, 6.45) is 9.05. The molecule has 0 radical (unpaired) electrons. The number of hydrogen-bond donors (Lipinski definition) is 2. The molecule has 0 unspecified atom stereocenters. The highest BCUT2D eigenvalue weighted by Crippen LogP contribution is 2.42. The molecule has 320 valence electrons. The lowest BCUT2D eigenvalue weighted by Gasteiger charge is -2.23. The average Bonchev–Trinajstić information content (AvgIpc) is 3.33. The summed E-state index contributed by atoms with van der Waals surface area (Å²) in [5.41, 5.74) is 10.1. The first-order valence-corrected chi connectivity index (χ1v) is 26.0. The summed E-state index contributed by atoms with van der Waals surface area (Å²) in [6.45, 7) is 1.70. The summed E-state index contributed by atoms with van der Waals surface area (Å²) in [5, 5.41) is 0. The van der Waals surface area contributed by atoms with Crippen molar-refractivity contribution < 1.29 is 18.9 Å². The normalized spacial score (nSPS) is 11.5. The van der Waals surface area contributed by atoms with E-state index in [2.05, 4.69) is 225 Å². The van der Waals surface area contributed by atoms with Gasteiger partial charge in [-0.3, -0.25) is 0 Å². The zero-order chi connectivity index (χ0) is 43.4. The largest absolute Gasteiger partial charge is 0.490 e. The van der Waals surface area contributed by atoms with Gasteiger partial charge < -0.3 is 18.9 Å². The van der Waals surface area contributed by atoms with Gasteiger partial charge in [-0.15, -0.1) is 0 Å². The van der Waals surface area contributed by atoms with Gasteiger partial charge in [0.25, 0.3) is 0 Å². The third kappa shape index (κ3) is 11.2. The van der Waals surface area contributed by atoms with Crippen LogP contribution in [0.3, 0.4) is 0 Å². The highest BCUT2D eigenvalue weighted by Gasteiger charge is 2.22. The molecule has 0 saturated heterocycles. The van der Waals surface area contributed by atoms with Crippen LogP contribution in [0.2, 0.25) is 0 Å². The summed E-state index contributed by atoms with van der Waals surface area (Å²) in [7, 11) is -0.290. The summed E-state index contributed by atoms with van der Waals surface area (Å²) in [6, 6.07) is 70.7. The first-order valence-electron chi connectivity index (χ1n) is 21.5. The Bertz CT molecular complexity index is 2500. The summed E-state index contributed by atoms with van der Waals surface area (Å²) < 4.78 is 25.3. The zero-order valence-electron chi connectivity index (χ0n) is 36.5. The summed E-state index contributed by atoms with van der Waals surface area (Å²) >= 11 is 0. The third-order valence-electron chi connectivity index (χ3n) is 11.1. The van der Waals surface area contributed by atoms with Crippen molar-refractivity contribution in [3.8, 4) is 56.4 Å². The fraction of sp³-hybridized carbons (Fsp3) is 0.158. The molecule has 8 aromatic rings. The van der Waals surface area contributed by atoms with Crippen molar-refractivity contribution in [3.63, 3.8) is 0 Å². The van der Waals surface area contributed by atoms with Gasteiger partial charge in [0.2, 0.25) is 0 Å². The van der Waals surface area contributed by atoms with Crippen molar-refractivity contribution in [1.82, 2.24) is 0 Å². The van der Waals surface area contributed by atoms with Gasteiger partial charge >= 0.3 is 0 Å². The van der Waals surface area contributed by atoms with Gasteiger partial charge in [0.15, 0.2) is 0 Å². The van der Waals surface area contributed by atoms with Crippen molar-refractivity contribution in [1.29, 1.82) is 0 Å². The van der Waals surface area contributed by atoms with Crippen LogP contribution in [0.1, 0.15) is 22.6 Å². The SMILES string of the molecule is C[SH](C)c1ccc(OCCOc2ccc(C(c3ccc(-c4ccccc4)cc3)c3ccc(OCCOc4ccc([SH](C)C)cc4)c(-c4ccccc4)c3)cc2-c2ccccc2)cc1. The van der Waals surface area contributed by atoms with Gasteiger partial charge in [0, 0.05) is 17.0 Å². The maximum Gasteiger partial charge on any atom is 0.127 e. The first kappa shape index (κ1) is 43.3. The second-order valence-electron chi connectivity index (χ2n) is 15.8. The minimum Gasteiger partial charge on any atom is -0.490 e. The second kappa shape index (κ2) is 21.2. The molecule has 0 amide bonds. The zero-order valence-corrected chi connectivity index (χ0v) is 38.3. The molecule has 63 heavy (non-hydrogen) atoms. The molecule has 8 aromatic carbocycles. The molecule has 0 bridgehead atoms. The number of hydrogen-bond acceptors (Lipinski definition) is 4. The van der Waals surface area contributed by atoms with Crippen LogP contribution in [-0.4, -0.2) is 51.5 Å². The van der Waals surface area contributed by atoms with E-state index in [0.29, 0.717) is 26.4 Å². The smallest absolute Gasteiger partial charge is 0.127 e. The molecular formula is C57H56O4S2. The molecule has 4 nitrogen and oxygen atoms in total. The summed E-state index contributed by atoms with van der Waals surface area (Å²) in [4.78, 5) is 2.72. The minimum atomic E-state index is -0.145. The van der Waals surface area contributed by atoms with Crippen LogP contribution < -0.4 is 18.9 Å². The second-order valence-corrected chi connectivity index (χ2v) is 20.4. The number of rotatable bonds is 18. The van der Waals surface area contributed by atoms with Gasteiger partial charge in [-0.2, -0.15) is 0 Å². The van der Waals surface area contributed by atoms with E-state index in [4.69, 9.17) is 18.9 Å². The molecule has 0 aliphatic carbocycles. The highest BCUT2D eigenvalue weighted by molar-refractivity contribution is 8.16. The van der Waals surface area contributed by atoms with E-state index in [9.17, 15) is 0 Å². The standard InChI is InChI=1S/C57H56O4S2/c1-62(2)51-30-26-49(27-31-51)58-36-38-60-55-34-24-47(40-53(55)44-16-10-6-11-17-44)57(46-22-20-43(21-23-46)42-14-8-5-9-15-42)48-25-35-56(54(41-48)45-18-12-7-13-19-45)61-39-37-59-50-28-32-52(33-29-50)63(3)4/h5-35,40-41,57,62-63H,36-39H2,1-4H3. The predicted molar refractivity (Wildman–Crippen MR) is 270 cm³/mol. The third-order valence-corrected chi connectivity index (χ3v) is 13.8. The Morgan fingerprint density at radius 3 is 1.08 bits per heavy atom. The monoisotopic (exact) mass is 868 g/mol. The van der Waals surface area contributed by atoms with Gasteiger partial charge in [-0.1, -0.05) is 127 Å². The Kier molecular flexibility index (Phi) is 14.5. The Morgan fingerprint density at radius 1 is 0.333 bits per heavy atom. The van der Waals surface area contributed by atoms with Crippen LogP contribution in [0, 0.1) is 0 Å². The number of thiol groups is 2. The van der Waals surface area contributed by atoms with Crippen molar-refractivity contribution in [2.24, 2.45) is 0 Å². The molecule has 8 rings (SSSR count). The van der Waals surface area contributed by atoms with Gasteiger partial charge in [-0.05, 0) is 147 Å². The molecule has 6 heteroatoms. The fourth-order valence-corrected chi connectivity index (χ4v) is 9.26. The van der Waals surface area contributed by atoms with Crippen molar-refractivity contribution in [2.75, 3.05) is 51.5 Å². The molecule has 0 aliphatic rings. The van der Waals surface area contributed by atoms with Crippen LogP contribution in [0.4, 0.5) is 0 Å². The van der Waals surface area contributed by atoms with Gasteiger partial charge in [-0.25, -0.2) is 21.8 Å². The van der Waals surface area contributed by atoms with E-state index >= 15 is 0 Å². The van der Waals surface area contributed by atoms with Gasteiger partial charge in [0.1, 0.15) is 49.4 Å². The molecule has 0 heterocycles. The highest BCUT2D eigenvalue weighted by atomic mass is 32.2. The molecule has 0 fully saturated rings.